The van der Waals surface area contributed by atoms with Crippen molar-refractivity contribution in [2.75, 3.05) is 0 Å². The van der Waals surface area contributed by atoms with Crippen LogP contribution >= 0.6 is 23.1 Å². The van der Waals surface area contributed by atoms with Crippen molar-refractivity contribution in [1.82, 2.24) is 19.6 Å². The SMILES string of the molecule is C[C@@H](Oc1ccccc1F)c1nnc(SCc2cc(=O)n3ccsc3n2)o1. The zero-order chi connectivity index (χ0) is 18.8. The van der Waals surface area contributed by atoms with Gasteiger partial charge in [-0.1, -0.05) is 23.9 Å². The topological polar surface area (TPSA) is 82.5 Å². The fraction of sp³-hybridized carbons (Fsp3) is 0.176. The van der Waals surface area contributed by atoms with Crippen molar-refractivity contribution in [3.8, 4) is 5.75 Å². The summed E-state index contributed by atoms with van der Waals surface area (Å²) in [7, 11) is 0. The zero-order valence-corrected chi connectivity index (χ0v) is 15.7. The highest BCUT2D eigenvalue weighted by atomic mass is 32.2. The molecule has 0 bridgehead atoms. The van der Waals surface area contributed by atoms with Gasteiger partial charge in [0, 0.05) is 23.4 Å². The van der Waals surface area contributed by atoms with Gasteiger partial charge in [-0.25, -0.2) is 9.37 Å². The van der Waals surface area contributed by atoms with Crippen molar-refractivity contribution >= 4 is 28.1 Å². The zero-order valence-electron chi connectivity index (χ0n) is 14.0. The molecule has 0 spiro atoms. The molecule has 0 aliphatic carbocycles. The number of halogens is 1. The Labute approximate surface area is 160 Å². The van der Waals surface area contributed by atoms with Crippen molar-refractivity contribution < 1.29 is 13.5 Å². The van der Waals surface area contributed by atoms with Gasteiger partial charge in [0.15, 0.2) is 22.6 Å². The highest BCUT2D eigenvalue weighted by Crippen LogP contribution is 2.26. The van der Waals surface area contributed by atoms with Crippen molar-refractivity contribution in [2.45, 2.75) is 24.0 Å². The molecule has 1 aromatic carbocycles. The van der Waals surface area contributed by atoms with E-state index in [0.29, 0.717) is 21.6 Å². The Morgan fingerprint density at radius 2 is 2.22 bits per heavy atom. The normalized spacial score (nSPS) is 12.4. The maximum Gasteiger partial charge on any atom is 0.277 e. The Morgan fingerprint density at radius 1 is 1.37 bits per heavy atom. The van der Waals surface area contributed by atoms with E-state index < -0.39 is 11.9 Å². The molecule has 0 fully saturated rings. The van der Waals surface area contributed by atoms with Crippen LogP contribution in [-0.2, 0) is 5.75 Å². The summed E-state index contributed by atoms with van der Waals surface area (Å²) in [6.45, 7) is 1.70. The van der Waals surface area contributed by atoms with Crippen LogP contribution in [0.5, 0.6) is 5.75 Å². The van der Waals surface area contributed by atoms with Gasteiger partial charge in [-0.3, -0.25) is 9.20 Å². The van der Waals surface area contributed by atoms with Crippen LogP contribution in [-0.4, -0.2) is 19.6 Å². The van der Waals surface area contributed by atoms with Crippen LogP contribution in [0.3, 0.4) is 0 Å². The minimum Gasteiger partial charge on any atom is -0.478 e. The van der Waals surface area contributed by atoms with E-state index in [-0.39, 0.29) is 17.2 Å². The standard InChI is InChI=1S/C17H13FN4O3S2/c1-10(24-13-5-3-2-4-12(13)18)15-20-21-17(25-15)27-9-11-8-14(23)22-6-7-26-16(22)19-11/h2-8,10H,9H2,1H3/t10-/m1/s1. The van der Waals surface area contributed by atoms with Crippen LogP contribution < -0.4 is 10.3 Å². The number of rotatable bonds is 6. The Balaban J connectivity index is 1.43. The lowest BCUT2D eigenvalue weighted by Crippen LogP contribution is -2.12. The van der Waals surface area contributed by atoms with Crippen LogP contribution in [0.1, 0.15) is 24.6 Å². The first-order valence-corrected chi connectivity index (χ1v) is 9.80. The number of ether oxygens (including phenoxy) is 1. The molecule has 138 valence electrons. The smallest absolute Gasteiger partial charge is 0.277 e. The Bertz CT molecular complexity index is 1140. The minimum atomic E-state index is -0.603. The number of benzene rings is 1. The second-order valence-electron chi connectivity index (χ2n) is 5.53. The molecule has 27 heavy (non-hydrogen) atoms. The van der Waals surface area contributed by atoms with E-state index in [0.717, 1.165) is 0 Å². The van der Waals surface area contributed by atoms with E-state index in [1.807, 2.05) is 5.38 Å². The fourth-order valence-corrected chi connectivity index (χ4v) is 3.72. The molecule has 0 saturated heterocycles. The summed E-state index contributed by atoms with van der Waals surface area (Å²) in [6.07, 6.45) is 1.09. The third-order valence-corrected chi connectivity index (χ3v) is 5.22. The van der Waals surface area contributed by atoms with E-state index in [4.69, 9.17) is 9.15 Å². The van der Waals surface area contributed by atoms with E-state index in [2.05, 4.69) is 15.2 Å². The molecule has 3 aromatic heterocycles. The van der Waals surface area contributed by atoms with Crippen LogP contribution in [0, 0.1) is 5.82 Å². The van der Waals surface area contributed by atoms with E-state index in [1.165, 1.54) is 45.7 Å². The number of hydrogen-bond acceptors (Lipinski definition) is 8. The molecule has 0 saturated carbocycles. The van der Waals surface area contributed by atoms with E-state index in [9.17, 15) is 9.18 Å². The molecule has 0 N–H and O–H groups in total. The number of nitrogens with zero attached hydrogens (tertiary/aromatic N) is 4. The van der Waals surface area contributed by atoms with E-state index in [1.54, 1.807) is 25.3 Å². The van der Waals surface area contributed by atoms with Gasteiger partial charge in [0.05, 0.1) is 5.69 Å². The van der Waals surface area contributed by atoms with Gasteiger partial charge in [-0.05, 0) is 19.1 Å². The molecule has 0 amide bonds. The Morgan fingerprint density at radius 3 is 3.07 bits per heavy atom. The van der Waals surface area contributed by atoms with Gasteiger partial charge < -0.3 is 9.15 Å². The predicted molar refractivity (Wildman–Crippen MR) is 98.6 cm³/mol. The van der Waals surface area contributed by atoms with E-state index >= 15 is 0 Å². The maximum atomic E-state index is 13.7. The molecular weight excluding hydrogens is 391 g/mol. The molecule has 0 aliphatic rings. The number of thioether (sulfide) groups is 1. The molecule has 7 nitrogen and oxygen atoms in total. The van der Waals surface area contributed by atoms with Crippen molar-refractivity contribution in [2.24, 2.45) is 0 Å². The van der Waals surface area contributed by atoms with Crippen LogP contribution in [0.2, 0.25) is 0 Å². The quantitative estimate of drug-likeness (QED) is 0.453. The number of aromatic nitrogens is 4. The lowest BCUT2D eigenvalue weighted by molar-refractivity contribution is 0.174. The number of hydrogen-bond donors (Lipinski definition) is 0. The number of para-hydroxylation sites is 1. The second-order valence-corrected chi connectivity index (χ2v) is 7.33. The fourth-order valence-electron chi connectivity index (χ4n) is 2.32. The first-order valence-electron chi connectivity index (χ1n) is 7.93. The molecule has 0 aliphatic heterocycles. The molecule has 10 heteroatoms. The third kappa shape index (κ3) is 3.86. The van der Waals surface area contributed by atoms with Gasteiger partial charge >= 0.3 is 0 Å². The number of thiazole rings is 1. The highest BCUT2D eigenvalue weighted by molar-refractivity contribution is 7.98. The van der Waals surface area contributed by atoms with Gasteiger partial charge in [0.25, 0.3) is 16.7 Å². The first-order chi connectivity index (χ1) is 13.1. The summed E-state index contributed by atoms with van der Waals surface area (Å²) in [5, 5.41) is 10.0. The lowest BCUT2D eigenvalue weighted by atomic mass is 10.3. The summed E-state index contributed by atoms with van der Waals surface area (Å²) in [5.41, 5.74) is 0.498. The summed E-state index contributed by atoms with van der Waals surface area (Å²) in [4.78, 5) is 17.0. The molecule has 3 heterocycles. The summed E-state index contributed by atoms with van der Waals surface area (Å²) in [6, 6.07) is 7.59. The molecule has 0 radical (unpaired) electrons. The summed E-state index contributed by atoms with van der Waals surface area (Å²) in [5.74, 6) is 0.307. The predicted octanol–water partition coefficient (Wildman–Crippen LogP) is 3.71. The number of fused-ring (bicyclic) bond motifs is 1. The first kappa shape index (κ1) is 17.7. The third-order valence-electron chi connectivity index (χ3n) is 3.61. The average molecular weight is 404 g/mol. The molecule has 4 aromatic rings. The summed E-state index contributed by atoms with van der Waals surface area (Å²) < 4.78 is 26.3. The summed E-state index contributed by atoms with van der Waals surface area (Å²) >= 11 is 2.66. The van der Waals surface area contributed by atoms with Crippen LogP contribution in [0.25, 0.3) is 4.96 Å². The van der Waals surface area contributed by atoms with Gasteiger partial charge in [0.1, 0.15) is 0 Å². The minimum absolute atomic E-state index is 0.117. The van der Waals surface area contributed by atoms with Crippen LogP contribution in [0.4, 0.5) is 4.39 Å². The Hall–Kier alpha value is -2.72. The van der Waals surface area contributed by atoms with Gasteiger partial charge in [-0.2, -0.15) is 0 Å². The Kier molecular flexibility index (Phi) is 4.90. The van der Waals surface area contributed by atoms with Crippen molar-refractivity contribution in [1.29, 1.82) is 0 Å². The molecule has 0 unspecified atom stereocenters. The second kappa shape index (κ2) is 7.49. The van der Waals surface area contributed by atoms with Crippen molar-refractivity contribution in [3.63, 3.8) is 0 Å². The van der Waals surface area contributed by atoms with Gasteiger partial charge in [-0.15, -0.1) is 21.5 Å². The monoisotopic (exact) mass is 404 g/mol. The largest absolute Gasteiger partial charge is 0.478 e. The molecule has 1 atom stereocenters. The lowest BCUT2D eigenvalue weighted by Gasteiger charge is -2.11. The average Bonchev–Trinajstić information content (AvgIpc) is 3.31. The molecule has 4 rings (SSSR count). The highest BCUT2D eigenvalue weighted by Gasteiger charge is 2.18. The van der Waals surface area contributed by atoms with Gasteiger partial charge in [0.2, 0.25) is 0 Å². The maximum absolute atomic E-state index is 13.7. The van der Waals surface area contributed by atoms with Crippen LogP contribution in [0.15, 0.2) is 56.3 Å². The molecular formula is C17H13FN4O3S2. The van der Waals surface area contributed by atoms with Crippen molar-refractivity contribution in [3.05, 3.63) is 69.7 Å².